The van der Waals surface area contributed by atoms with E-state index in [0.29, 0.717) is 17.9 Å². The van der Waals surface area contributed by atoms with E-state index in [9.17, 15) is 18.4 Å². The summed E-state index contributed by atoms with van der Waals surface area (Å²) in [6.07, 6.45) is 4.99. The van der Waals surface area contributed by atoms with Gasteiger partial charge in [0.25, 0.3) is 5.91 Å². The first-order chi connectivity index (χ1) is 11.4. The van der Waals surface area contributed by atoms with Crippen molar-refractivity contribution in [2.24, 2.45) is 17.8 Å². The highest BCUT2D eigenvalue weighted by Gasteiger charge is 2.42. The normalized spacial score (nSPS) is 26.2. The molecule has 2 saturated carbocycles. The minimum Gasteiger partial charge on any atom is -0.352 e. The third-order valence-corrected chi connectivity index (χ3v) is 5.41. The van der Waals surface area contributed by atoms with Crippen LogP contribution < -0.4 is 10.6 Å². The summed E-state index contributed by atoms with van der Waals surface area (Å²) in [6, 6.07) is 2.80. The van der Waals surface area contributed by atoms with Gasteiger partial charge in [0.2, 0.25) is 5.91 Å². The minimum atomic E-state index is -0.941. The first kappa shape index (κ1) is 16.9. The lowest BCUT2D eigenvalue weighted by molar-refractivity contribution is -0.121. The van der Waals surface area contributed by atoms with Gasteiger partial charge >= 0.3 is 0 Å². The largest absolute Gasteiger partial charge is 0.352 e. The zero-order valence-electron chi connectivity index (χ0n) is 13.6. The van der Waals surface area contributed by atoms with Crippen molar-refractivity contribution >= 4 is 11.8 Å². The summed E-state index contributed by atoms with van der Waals surface area (Å²) in [5, 5.41) is 5.31. The number of halogens is 2. The fourth-order valence-electron chi connectivity index (χ4n) is 4.25. The van der Waals surface area contributed by atoms with E-state index >= 15 is 0 Å². The zero-order valence-corrected chi connectivity index (χ0v) is 13.6. The molecule has 0 saturated heterocycles. The average molecular weight is 336 g/mol. The average Bonchev–Trinajstić information content (AvgIpc) is 3.15. The fraction of sp³-hybridized carbons (Fsp3) is 0.556. The molecule has 6 heteroatoms. The summed E-state index contributed by atoms with van der Waals surface area (Å²) in [5.74, 6) is -0.687. The Labute approximate surface area is 140 Å². The Kier molecular flexibility index (Phi) is 4.83. The molecule has 2 amide bonds. The quantitative estimate of drug-likeness (QED) is 0.868. The molecule has 1 aromatic carbocycles. The summed E-state index contributed by atoms with van der Waals surface area (Å²) in [4.78, 5) is 23.9. The number of carbonyl (C=O) groups is 2. The lowest BCUT2D eigenvalue weighted by atomic mass is 9.84. The van der Waals surface area contributed by atoms with Gasteiger partial charge < -0.3 is 10.6 Å². The van der Waals surface area contributed by atoms with Crippen LogP contribution in [0.5, 0.6) is 0 Å². The third kappa shape index (κ3) is 3.57. The van der Waals surface area contributed by atoms with Crippen LogP contribution in [0.3, 0.4) is 0 Å². The molecule has 4 atom stereocenters. The molecule has 4 unspecified atom stereocenters. The highest BCUT2D eigenvalue weighted by Crippen LogP contribution is 2.49. The molecule has 2 fully saturated rings. The van der Waals surface area contributed by atoms with E-state index in [1.807, 2.05) is 6.92 Å². The monoisotopic (exact) mass is 336 g/mol. The van der Waals surface area contributed by atoms with Crippen LogP contribution in [-0.4, -0.2) is 24.4 Å². The van der Waals surface area contributed by atoms with Crippen LogP contribution in [0, 0.1) is 29.4 Å². The Morgan fingerprint density at radius 1 is 1.25 bits per heavy atom. The van der Waals surface area contributed by atoms with Crippen molar-refractivity contribution in [1.82, 2.24) is 10.6 Å². The van der Waals surface area contributed by atoms with Gasteiger partial charge in [0.15, 0.2) is 0 Å². The number of hydrogen-bond donors (Lipinski definition) is 2. The van der Waals surface area contributed by atoms with Crippen LogP contribution in [0.4, 0.5) is 8.78 Å². The molecule has 2 N–H and O–H groups in total. The van der Waals surface area contributed by atoms with Gasteiger partial charge in [-0.1, -0.05) is 6.42 Å². The van der Waals surface area contributed by atoms with Gasteiger partial charge in [0.1, 0.15) is 11.6 Å². The molecule has 0 aliphatic heterocycles. The number of benzene rings is 1. The SMILES string of the molecule is CC(NC(=O)CNC(=O)c1ccc(F)cc1F)C1CC2CCC1C2. The van der Waals surface area contributed by atoms with Gasteiger partial charge in [-0.15, -0.1) is 0 Å². The zero-order chi connectivity index (χ0) is 17.3. The Morgan fingerprint density at radius 2 is 2.04 bits per heavy atom. The van der Waals surface area contributed by atoms with Crippen LogP contribution in [0.2, 0.25) is 0 Å². The molecule has 2 aliphatic rings. The molecule has 0 heterocycles. The maximum atomic E-state index is 13.5. The summed E-state index contributed by atoms with van der Waals surface area (Å²) < 4.78 is 26.4. The summed E-state index contributed by atoms with van der Waals surface area (Å²) in [5.41, 5.74) is -0.273. The van der Waals surface area contributed by atoms with E-state index in [-0.39, 0.29) is 24.1 Å². The topological polar surface area (TPSA) is 58.2 Å². The number of carbonyl (C=O) groups excluding carboxylic acids is 2. The number of nitrogens with one attached hydrogen (secondary N) is 2. The number of fused-ring (bicyclic) bond motifs is 2. The fourth-order valence-corrected chi connectivity index (χ4v) is 4.25. The van der Waals surface area contributed by atoms with Crippen LogP contribution >= 0.6 is 0 Å². The second-order valence-electron chi connectivity index (χ2n) is 7.00. The molecule has 3 rings (SSSR count). The van der Waals surface area contributed by atoms with Crippen molar-refractivity contribution < 1.29 is 18.4 Å². The Morgan fingerprint density at radius 3 is 2.67 bits per heavy atom. The minimum absolute atomic E-state index is 0.0762. The molecule has 130 valence electrons. The van der Waals surface area contributed by atoms with Crippen LogP contribution in [0.1, 0.15) is 43.0 Å². The Hall–Kier alpha value is -1.98. The molecule has 0 radical (unpaired) electrons. The third-order valence-electron chi connectivity index (χ3n) is 5.41. The standard InChI is InChI=1S/C18H22F2N2O2/c1-10(15-7-11-2-3-12(15)6-11)22-17(23)9-21-18(24)14-5-4-13(19)8-16(14)20/h4-5,8,10-12,15H,2-3,6-7,9H2,1H3,(H,21,24)(H,22,23). The lowest BCUT2D eigenvalue weighted by Gasteiger charge is -2.28. The van der Waals surface area contributed by atoms with Crippen molar-refractivity contribution in [3.05, 3.63) is 35.4 Å². The van der Waals surface area contributed by atoms with Crippen molar-refractivity contribution in [2.75, 3.05) is 6.54 Å². The molecule has 0 spiro atoms. The van der Waals surface area contributed by atoms with Gasteiger partial charge in [-0.3, -0.25) is 9.59 Å². The molecular weight excluding hydrogens is 314 g/mol. The predicted octanol–water partition coefficient (Wildman–Crippen LogP) is 2.64. The van der Waals surface area contributed by atoms with Gasteiger partial charge in [-0.05, 0) is 56.1 Å². The first-order valence-electron chi connectivity index (χ1n) is 8.46. The van der Waals surface area contributed by atoms with Crippen molar-refractivity contribution in [1.29, 1.82) is 0 Å². The second kappa shape index (κ2) is 6.87. The molecular formula is C18H22F2N2O2. The maximum Gasteiger partial charge on any atom is 0.254 e. The lowest BCUT2D eigenvalue weighted by Crippen LogP contribution is -2.44. The maximum absolute atomic E-state index is 13.5. The summed E-state index contributed by atoms with van der Waals surface area (Å²) in [6.45, 7) is 1.78. The smallest absolute Gasteiger partial charge is 0.254 e. The molecule has 2 bridgehead atoms. The van der Waals surface area contributed by atoms with E-state index in [4.69, 9.17) is 0 Å². The van der Waals surface area contributed by atoms with Crippen molar-refractivity contribution in [3.63, 3.8) is 0 Å². The van der Waals surface area contributed by atoms with Crippen LogP contribution in [0.25, 0.3) is 0 Å². The van der Waals surface area contributed by atoms with Gasteiger partial charge in [-0.25, -0.2) is 8.78 Å². The number of rotatable bonds is 5. The summed E-state index contributed by atoms with van der Waals surface area (Å²) in [7, 11) is 0. The molecule has 24 heavy (non-hydrogen) atoms. The highest BCUT2D eigenvalue weighted by molar-refractivity contribution is 5.96. The van der Waals surface area contributed by atoms with E-state index in [2.05, 4.69) is 10.6 Å². The summed E-state index contributed by atoms with van der Waals surface area (Å²) >= 11 is 0. The van der Waals surface area contributed by atoms with Crippen LogP contribution in [-0.2, 0) is 4.79 Å². The van der Waals surface area contributed by atoms with Gasteiger partial charge in [-0.2, -0.15) is 0 Å². The number of amides is 2. The van der Waals surface area contributed by atoms with Crippen molar-refractivity contribution in [3.8, 4) is 0 Å². The van der Waals surface area contributed by atoms with E-state index < -0.39 is 17.5 Å². The van der Waals surface area contributed by atoms with Crippen LogP contribution in [0.15, 0.2) is 18.2 Å². The molecule has 2 aliphatic carbocycles. The second-order valence-corrected chi connectivity index (χ2v) is 7.00. The van der Waals surface area contributed by atoms with E-state index in [0.717, 1.165) is 18.1 Å². The first-order valence-corrected chi connectivity index (χ1v) is 8.46. The highest BCUT2D eigenvalue weighted by atomic mass is 19.1. The van der Waals surface area contributed by atoms with Gasteiger partial charge in [0.05, 0.1) is 12.1 Å². The molecule has 4 nitrogen and oxygen atoms in total. The van der Waals surface area contributed by atoms with Crippen molar-refractivity contribution in [2.45, 2.75) is 38.6 Å². The Bertz CT molecular complexity index is 650. The van der Waals surface area contributed by atoms with E-state index in [1.54, 1.807) is 0 Å². The molecule has 0 aromatic heterocycles. The van der Waals surface area contributed by atoms with E-state index in [1.165, 1.54) is 25.7 Å². The predicted molar refractivity (Wildman–Crippen MR) is 85.2 cm³/mol. The number of hydrogen-bond acceptors (Lipinski definition) is 2. The Balaban J connectivity index is 1.47. The van der Waals surface area contributed by atoms with Gasteiger partial charge in [0, 0.05) is 12.1 Å². The molecule has 1 aromatic rings.